The summed E-state index contributed by atoms with van der Waals surface area (Å²) in [4.78, 5) is 13.8. The molecule has 1 aliphatic rings. The van der Waals surface area contributed by atoms with E-state index in [1.54, 1.807) is 4.90 Å². The second kappa shape index (κ2) is 5.02. The fourth-order valence-electron chi connectivity index (χ4n) is 2.35. The minimum atomic E-state index is -0.527. The zero-order chi connectivity index (χ0) is 14.0. The number of carbonyl (C=O) groups excluding carboxylic acids is 1. The van der Waals surface area contributed by atoms with E-state index in [4.69, 9.17) is 5.26 Å². The van der Waals surface area contributed by atoms with E-state index < -0.39 is 5.41 Å². The third-order valence-electron chi connectivity index (χ3n) is 3.31. The molecule has 1 aromatic carbocycles. The summed E-state index contributed by atoms with van der Waals surface area (Å²) in [6.07, 6.45) is 0.439. The molecule has 4 nitrogen and oxygen atoms in total. The Hall–Kier alpha value is -1.86. The van der Waals surface area contributed by atoms with Gasteiger partial charge in [-0.2, -0.15) is 5.26 Å². The molecule has 1 aliphatic heterocycles. The van der Waals surface area contributed by atoms with Crippen molar-refractivity contribution in [3.63, 3.8) is 0 Å². The normalized spacial score (nSPS) is 14.4. The molecule has 1 N–H and O–H groups in total. The zero-order valence-electron chi connectivity index (χ0n) is 11.7. The van der Waals surface area contributed by atoms with E-state index in [0.29, 0.717) is 13.0 Å². The second-order valence-electron chi connectivity index (χ2n) is 5.65. The van der Waals surface area contributed by atoms with Crippen molar-refractivity contribution >= 4 is 11.6 Å². The largest absolute Gasteiger partial charge is 0.316 e. The molecule has 0 saturated carbocycles. The summed E-state index contributed by atoms with van der Waals surface area (Å²) in [6.45, 7) is 4.95. The third kappa shape index (κ3) is 2.77. The van der Waals surface area contributed by atoms with Crippen molar-refractivity contribution in [2.24, 2.45) is 5.41 Å². The van der Waals surface area contributed by atoms with E-state index in [1.807, 2.05) is 33.0 Å². The Morgan fingerprint density at radius 1 is 1.47 bits per heavy atom. The van der Waals surface area contributed by atoms with E-state index in [0.717, 1.165) is 17.8 Å². The number of hydrogen-bond donors (Lipinski definition) is 1. The van der Waals surface area contributed by atoms with Crippen molar-refractivity contribution in [3.8, 4) is 6.07 Å². The first-order chi connectivity index (χ1) is 8.96. The lowest BCUT2D eigenvalue weighted by Gasteiger charge is -2.25. The number of fused-ring (bicyclic) bond motifs is 1. The van der Waals surface area contributed by atoms with Gasteiger partial charge in [0.2, 0.25) is 5.91 Å². The molecule has 0 radical (unpaired) electrons. The van der Waals surface area contributed by atoms with Crippen LogP contribution in [0.25, 0.3) is 0 Å². The van der Waals surface area contributed by atoms with Crippen LogP contribution in [0.5, 0.6) is 0 Å². The van der Waals surface area contributed by atoms with E-state index in [2.05, 4.69) is 17.5 Å². The predicted molar refractivity (Wildman–Crippen MR) is 74.7 cm³/mol. The van der Waals surface area contributed by atoms with Crippen molar-refractivity contribution in [2.45, 2.75) is 26.8 Å². The number of hydrogen-bond acceptors (Lipinski definition) is 3. The zero-order valence-corrected chi connectivity index (χ0v) is 11.7. The van der Waals surface area contributed by atoms with Crippen LogP contribution in [0, 0.1) is 16.7 Å². The maximum Gasteiger partial charge on any atom is 0.231 e. The fraction of sp³-hybridized carbons (Fsp3) is 0.467. The summed E-state index contributed by atoms with van der Waals surface area (Å²) in [5.41, 5.74) is 2.66. The highest BCUT2D eigenvalue weighted by Crippen LogP contribution is 2.32. The molecule has 0 aliphatic carbocycles. The molecule has 0 fully saturated rings. The van der Waals surface area contributed by atoms with Gasteiger partial charge in [-0.05, 0) is 38.1 Å². The van der Waals surface area contributed by atoms with Crippen molar-refractivity contribution in [1.82, 2.24) is 5.32 Å². The summed E-state index contributed by atoms with van der Waals surface area (Å²) in [5.74, 6) is 0.0833. The lowest BCUT2D eigenvalue weighted by atomic mass is 9.95. The van der Waals surface area contributed by atoms with Gasteiger partial charge in [-0.15, -0.1) is 0 Å². The molecule has 0 atom stereocenters. The smallest absolute Gasteiger partial charge is 0.231 e. The molecule has 1 heterocycles. The van der Waals surface area contributed by atoms with Crippen LogP contribution < -0.4 is 10.2 Å². The molecule has 100 valence electrons. The number of nitrogens with zero attached hydrogens (tertiary/aromatic N) is 2. The SMILES string of the molecule is CNCc1ccc2c(c1)CC(=O)N2CC(C)(C)C#N. The van der Waals surface area contributed by atoms with Crippen molar-refractivity contribution in [3.05, 3.63) is 29.3 Å². The maximum absolute atomic E-state index is 12.1. The fourth-order valence-corrected chi connectivity index (χ4v) is 2.35. The van der Waals surface area contributed by atoms with Crippen LogP contribution in [0.15, 0.2) is 18.2 Å². The summed E-state index contributed by atoms with van der Waals surface area (Å²) in [7, 11) is 1.90. The number of carbonyl (C=O) groups is 1. The van der Waals surface area contributed by atoms with Crippen molar-refractivity contribution in [2.75, 3.05) is 18.5 Å². The molecular weight excluding hydrogens is 238 g/mol. The number of benzene rings is 1. The van der Waals surface area contributed by atoms with Gasteiger partial charge in [-0.1, -0.05) is 12.1 Å². The maximum atomic E-state index is 12.1. The Bertz CT molecular complexity index is 543. The molecule has 19 heavy (non-hydrogen) atoms. The molecular formula is C15H19N3O. The quantitative estimate of drug-likeness (QED) is 0.895. The van der Waals surface area contributed by atoms with Crippen LogP contribution in [0.4, 0.5) is 5.69 Å². The highest BCUT2D eigenvalue weighted by atomic mass is 16.2. The second-order valence-corrected chi connectivity index (χ2v) is 5.65. The lowest BCUT2D eigenvalue weighted by Crippen LogP contribution is -2.35. The van der Waals surface area contributed by atoms with Crippen LogP contribution in [0.3, 0.4) is 0 Å². The Morgan fingerprint density at radius 2 is 2.21 bits per heavy atom. The van der Waals surface area contributed by atoms with Crippen molar-refractivity contribution in [1.29, 1.82) is 5.26 Å². The average molecular weight is 257 g/mol. The molecule has 0 aromatic heterocycles. The van der Waals surface area contributed by atoms with Gasteiger partial charge in [0.1, 0.15) is 0 Å². The highest BCUT2D eigenvalue weighted by Gasteiger charge is 2.32. The third-order valence-corrected chi connectivity index (χ3v) is 3.31. The molecule has 2 rings (SSSR count). The minimum absolute atomic E-state index is 0.0833. The lowest BCUT2D eigenvalue weighted by molar-refractivity contribution is -0.117. The molecule has 0 unspecified atom stereocenters. The average Bonchev–Trinajstić information content (AvgIpc) is 2.65. The molecule has 0 bridgehead atoms. The van der Waals surface area contributed by atoms with Gasteiger partial charge in [-0.25, -0.2) is 0 Å². The number of nitrogens with one attached hydrogen (secondary N) is 1. The number of anilines is 1. The Kier molecular flexibility index (Phi) is 3.59. The standard InChI is InChI=1S/C15H19N3O/c1-15(2,9-16)10-18-13-5-4-11(8-17-3)6-12(13)7-14(18)19/h4-6,17H,7-8,10H2,1-3H3. The first-order valence-electron chi connectivity index (χ1n) is 6.45. The van der Waals surface area contributed by atoms with Crippen LogP contribution in [0.1, 0.15) is 25.0 Å². The Morgan fingerprint density at radius 3 is 2.84 bits per heavy atom. The topological polar surface area (TPSA) is 56.1 Å². The van der Waals surface area contributed by atoms with Gasteiger partial charge in [0.15, 0.2) is 0 Å². The molecule has 0 saturated heterocycles. The first kappa shape index (κ1) is 13.6. The summed E-state index contributed by atoms with van der Waals surface area (Å²) in [5, 5.41) is 12.2. The summed E-state index contributed by atoms with van der Waals surface area (Å²) in [6, 6.07) is 8.33. The number of rotatable bonds is 4. The first-order valence-corrected chi connectivity index (χ1v) is 6.45. The predicted octanol–water partition coefficient (Wildman–Crippen LogP) is 1.84. The van der Waals surface area contributed by atoms with Crippen LogP contribution in [0.2, 0.25) is 0 Å². The molecule has 1 aromatic rings. The van der Waals surface area contributed by atoms with E-state index in [9.17, 15) is 4.79 Å². The van der Waals surface area contributed by atoms with Gasteiger partial charge < -0.3 is 10.2 Å². The Balaban J connectivity index is 2.27. The minimum Gasteiger partial charge on any atom is -0.316 e. The van der Waals surface area contributed by atoms with Gasteiger partial charge in [0, 0.05) is 18.8 Å². The van der Waals surface area contributed by atoms with Gasteiger partial charge >= 0.3 is 0 Å². The molecule has 1 amide bonds. The highest BCUT2D eigenvalue weighted by molar-refractivity contribution is 6.01. The summed E-state index contributed by atoms with van der Waals surface area (Å²) >= 11 is 0. The van der Waals surface area contributed by atoms with Crippen LogP contribution in [-0.4, -0.2) is 19.5 Å². The van der Waals surface area contributed by atoms with Crippen molar-refractivity contribution < 1.29 is 4.79 Å². The van der Waals surface area contributed by atoms with Gasteiger partial charge in [0.05, 0.1) is 17.9 Å². The number of nitriles is 1. The van der Waals surface area contributed by atoms with Crippen LogP contribution in [-0.2, 0) is 17.8 Å². The Labute approximate surface area is 114 Å². The van der Waals surface area contributed by atoms with Crippen LogP contribution >= 0.6 is 0 Å². The number of amides is 1. The monoisotopic (exact) mass is 257 g/mol. The van der Waals surface area contributed by atoms with E-state index in [1.165, 1.54) is 5.56 Å². The van der Waals surface area contributed by atoms with Gasteiger partial charge in [-0.3, -0.25) is 4.79 Å². The van der Waals surface area contributed by atoms with E-state index >= 15 is 0 Å². The molecule has 0 spiro atoms. The van der Waals surface area contributed by atoms with E-state index in [-0.39, 0.29) is 5.91 Å². The molecule has 4 heteroatoms. The summed E-state index contributed by atoms with van der Waals surface area (Å²) < 4.78 is 0. The van der Waals surface area contributed by atoms with Gasteiger partial charge in [0.25, 0.3) is 0 Å².